The smallest absolute Gasteiger partial charge is 0.264 e. The molecule has 3 nitrogen and oxygen atoms in total. The van der Waals surface area contributed by atoms with Gasteiger partial charge in [-0.3, -0.25) is 9.79 Å². The number of halogens is 1. The molecule has 100 valence electrons. The van der Waals surface area contributed by atoms with Crippen molar-refractivity contribution < 1.29 is 4.79 Å². The highest BCUT2D eigenvalue weighted by molar-refractivity contribution is 9.10. The van der Waals surface area contributed by atoms with Crippen LogP contribution in [0.25, 0.3) is 6.08 Å². The lowest BCUT2D eigenvalue weighted by atomic mass is 10.3. The number of thioether (sulfide) groups is 1. The number of carbonyl (C=O) groups excluding carboxylic acids is 1. The van der Waals surface area contributed by atoms with E-state index in [1.165, 1.54) is 24.6 Å². The summed E-state index contributed by atoms with van der Waals surface area (Å²) in [5, 5.41) is 5.63. The molecular weight excluding hydrogens is 344 g/mol. The van der Waals surface area contributed by atoms with E-state index in [0.717, 1.165) is 32.3 Å². The summed E-state index contributed by atoms with van der Waals surface area (Å²) in [5.41, 5.74) is 0. The maximum atomic E-state index is 11.9. The van der Waals surface area contributed by atoms with Gasteiger partial charge in [-0.1, -0.05) is 12.8 Å². The van der Waals surface area contributed by atoms with Gasteiger partial charge in [0.25, 0.3) is 5.91 Å². The Labute approximate surface area is 128 Å². The van der Waals surface area contributed by atoms with Crippen molar-refractivity contribution in [2.24, 2.45) is 4.99 Å². The van der Waals surface area contributed by atoms with Crippen LogP contribution in [-0.2, 0) is 4.79 Å². The Kier molecular flexibility index (Phi) is 4.10. The second-order valence-corrected chi connectivity index (χ2v) is 7.49. The van der Waals surface area contributed by atoms with E-state index < -0.39 is 0 Å². The van der Waals surface area contributed by atoms with Crippen LogP contribution in [0.4, 0.5) is 0 Å². The predicted octanol–water partition coefficient (Wildman–Crippen LogP) is 4.01. The largest absolute Gasteiger partial charge is 0.301 e. The monoisotopic (exact) mass is 356 g/mol. The van der Waals surface area contributed by atoms with Crippen LogP contribution in [0.1, 0.15) is 30.6 Å². The predicted molar refractivity (Wildman–Crippen MR) is 85.4 cm³/mol. The molecule has 1 aromatic heterocycles. The fourth-order valence-electron chi connectivity index (χ4n) is 2.22. The maximum absolute atomic E-state index is 11.9. The number of rotatable bonds is 2. The first kappa shape index (κ1) is 13.4. The third-order valence-electron chi connectivity index (χ3n) is 3.14. The first-order valence-electron chi connectivity index (χ1n) is 6.23. The Morgan fingerprint density at radius 1 is 1.42 bits per heavy atom. The molecule has 1 amide bonds. The van der Waals surface area contributed by atoms with E-state index in [0.29, 0.717) is 6.04 Å². The van der Waals surface area contributed by atoms with Crippen LogP contribution in [0, 0.1) is 0 Å². The summed E-state index contributed by atoms with van der Waals surface area (Å²) < 4.78 is 1.05. The molecule has 1 aliphatic heterocycles. The molecule has 1 N–H and O–H groups in total. The molecule has 0 bridgehead atoms. The topological polar surface area (TPSA) is 41.5 Å². The van der Waals surface area contributed by atoms with E-state index >= 15 is 0 Å². The normalized spacial score (nSPS) is 24.6. The number of hydrogen-bond donors (Lipinski definition) is 1. The van der Waals surface area contributed by atoms with Crippen molar-refractivity contribution in [3.05, 3.63) is 25.7 Å². The number of nitrogens with zero attached hydrogens (tertiary/aromatic N) is 1. The van der Waals surface area contributed by atoms with Crippen molar-refractivity contribution in [2.45, 2.75) is 31.7 Å². The lowest BCUT2D eigenvalue weighted by Crippen LogP contribution is -2.21. The average Bonchev–Trinajstić information content (AvgIpc) is 3.06. The Hall–Kier alpha value is -0.590. The summed E-state index contributed by atoms with van der Waals surface area (Å²) >= 11 is 6.48. The minimum Gasteiger partial charge on any atom is -0.301 e. The number of amidine groups is 1. The number of aliphatic imine (C=N–C) groups is 1. The molecular formula is C13H13BrN2OS2. The van der Waals surface area contributed by atoms with Crippen LogP contribution in [-0.4, -0.2) is 17.1 Å². The number of nitrogens with one attached hydrogen (secondary N) is 1. The third kappa shape index (κ3) is 3.30. The van der Waals surface area contributed by atoms with Gasteiger partial charge in [-0.05, 0) is 52.7 Å². The number of hydrogen-bond acceptors (Lipinski definition) is 4. The summed E-state index contributed by atoms with van der Waals surface area (Å²) in [7, 11) is 0. The molecule has 6 heteroatoms. The SMILES string of the molecule is O=C1NC(=NC2CCCC2)SC1=Cc1cc(Br)cs1. The fraction of sp³-hybridized carbons (Fsp3) is 0.385. The zero-order valence-electron chi connectivity index (χ0n) is 10.2. The summed E-state index contributed by atoms with van der Waals surface area (Å²) in [6.45, 7) is 0. The second-order valence-electron chi connectivity index (χ2n) is 4.60. The molecule has 0 atom stereocenters. The Morgan fingerprint density at radius 3 is 2.89 bits per heavy atom. The van der Waals surface area contributed by atoms with Gasteiger partial charge in [-0.2, -0.15) is 0 Å². The standard InChI is InChI=1S/C13H13BrN2OS2/c14-8-5-10(18-7-8)6-11-12(17)16-13(19-11)15-9-3-1-2-4-9/h5-7,9H,1-4H2,(H,15,16,17). The summed E-state index contributed by atoms with van der Waals surface area (Å²) in [5.74, 6) is -0.0359. The van der Waals surface area contributed by atoms with Crippen LogP contribution in [0.3, 0.4) is 0 Å². The molecule has 2 aliphatic rings. The first-order chi connectivity index (χ1) is 9.20. The van der Waals surface area contributed by atoms with Gasteiger partial charge in [0.2, 0.25) is 0 Å². The van der Waals surface area contributed by atoms with Crippen molar-refractivity contribution in [3.8, 4) is 0 Å². The van der Waals surface area contributed by atoms with Gasteiger partial charge in [0.15, 0.2) is 5.17 Å². The summed E-state index contributed by atoms with van der Waals surface area (Å²) in [4.78, 5) is 18.3. The molecule has 19 heavy (non-hydrogen) atoms. The molecule has 1 saturated carbocycles. The molecule has 3 rings (SSSR count). The van der Waals surface area contributed by atoms with Crippen LogP contribution in [0.15, 0.2) is 25.8 Å². The van der Waals surface area contributed by atoms with Gasteiger partial charge in [0, 0.05) is 14.7 Å². The molecule has 1 saturated heterocycles. The highest BCUT2D eigenvalue weighted by atomic mass is 79.9. The molecule has 0 unspecified atom stereocenters. The quantitative estimate of drug-likeness (QED) is 0.813. The van der Waals surface area contributed by atoms with Crippen molar-refractivity contribution in [1.82, 2.24) is 5.32 Å². The van der Waals surface area contributed by atoms with E-state index in [1.807, 2.05) is 17.5 Å². The lowest BCUT2D eigenvalue weighted by Gasteiger charge is -2.02. The molecule has 1 aliphatic carbocycles. The average molecular weight is 357 g/mol. The van der Waals surface area contributed by atoms with Gasteiger partial charge in [0.1, 0.15) is 0 Å². The zero-order valence-corrected chi connectivity index (χ0v) is 13.4. The second kappa shape index (κ2) is 5.81. The Morgan fingerprint density at radius 2 is 2.21 bits per heavy atom. The fourth-order valence-corrected chi connectivity index (χ4v) is 4.55. The number of carbonyl (C=O) groups is 1. The molecule has 0 radical (unpaired) electrons. The highest BCUT2D eigenvalue weighted by Crippen LogP contribution is 2.30. The Bertz CT molecular complexity index is 559. The lowest BCUT2D eigenvalue weighted by molar-refractivity contribution is -0.115. The van der Waals surface area contributed by atoms with Crippen LogP contribution < -0.4 is 5.32 Å². The minimum atomic E-state index is -0.0359. The highest BCUT2D eigenvalue weighted by Gasteiger charge is 2.25. The molecule has 2 fully saturated rings. The van der Waals surface area contributed by atoms with Gasteiger partial charge in [-0.15, -0.1) is 11.3 Å². The molecule has 2 heterocycles. The van der Waals surface area contributed by atoms with Crippen molar-refractivity contribution >= 4 is 56.2 Å². The summed E-state index contributed by atoms with van der Waals surface area (Å²) in [6, 6.07) is 2.41. The van der Waals surface area contributed by atoms with Crippen LogP contribution in [0.5, 0.6) is 0 Å². The van der Waals surface area contributed by atoms with E-state index in [-0.39, 0.29) is 5.91 Å². The van der Waals surface area contributed by atoms with E-state index in [2.05, 4.69) is 26.2 Å². The van der Waals surface area contributed by atoms with Gasteiger partial charge in [-0.25, -0.2) is 0 Å². The maximum Gasteiger partial charge on any atom is 0.264 e. The summed E-state index contributed by atoms with van der Waals surface area (Å²) in [6.07, 6.45) is 6.73. The van der Waals surface area contributed by atoms with E-state index in [4.69, 9.17) is 0 Å². The first-order valence-corrected chi connectivity index (χ1v) is 8.72. The van der Waals surface area contributed by atoms with Crippen molar-refractivity contribution in [1.29, 1.82) is 0 Å². The zero-order chi connectivity index (χ0) is 13.2. The van der Waals surface area contributed by atoms with Crippen molar-refractivity contribution in [2.75, 3.05) is 0 Å². The van der Waals surface area contributed by atoms with Crippen LogP contribution in [0.2, 0.25) is 0 Å². The Balaban J connectivity index is 1.74. The minimum absolute atomic E-state index is 0.0359. The number of thiophene rings is 1. The molecule has 0 aromatic carbocycles. The van der Waals surface area contributed by atoms with Gasteiger partial charge in [0.05, 0.1) is 10.9 Å². The molecule has 1 aromatic rings. The number of amides is 1. The third-order valence-corrected chi connectivity index (χ3v) is 5.70. The van der Waals surface area contributed by atoms with E-state index in [1.54, 1.807) is 11.3 Å². The van der Waals surface area contributed by atoms with E-state index in [9.17, 15) is 4.79 Å². The molecule has 0 spiro atoms. The van der Waals surface area contributed by atoms with Gasteiger partial charge < -0.3 is 5.32 Å². The van der Waals surface area contributed by atoms with Gasteiger partial charge >= 0.3 is 0 Å². The van der Waals surface area contributed by atoms with Crippen LogP contribution >= 0.6 is 39.0 Å². The van der Waals surface area contributed by atoms with Crippen molar-refractivity contribution in [3.63, 3.8) is 0 Å².